The van der Waals surface area contributed by atoms with E-state index < -0.39 is 0 Å². The van der Waals surface area contributed by atoms with Crippen molar-refractivity contribution in [3.8, 4) is 11.5 Å². The molecule has 2 aromatic heterocycles. The predicted octanol–water partition coefficient (Wildman–Crippen LogP) is 4.83. The van der Waals surface area contributed by atoms with E-state index in [0.717, 1.165) is 51.5 Å². The monoisotopic (exact) mass is 351 g/mol. The van der Waals surface area contributed by atoms with Gasteiger partial charge >= 0.3 is 0 Å². The minimum atomic E-state index is 0.0940. The van der Waals surface area contributed by atoms with Crippen molar-refractivity contribution >= 4 is 16.7 Å². The minimum absolute atomic E-state index is 0.0940. The first kappa shape index (κ1) is 18.0. The fourth-order valence-electron chi connectivity index (χ4n) is 3.13. The number of aromatic nitrogens is 2. The topological polar surface area (TPSA) is 56.3 Å². The van der Waals surface area contributed by atoms with Crippen LogP contribution in [0.25, 0.3) is 10.9 Å². The van der Waals surface area contributed by atoms with Crippen LogP contribution in [-0.4, -0.2) is 24.2 Å². The second-order valence-corrected chi connectivity index (χ2v) is 6.38. The average Bonchev–Trinajstić information content (AvgIpc) is 2.66. The van der Waals surface area contributed by atoms with Crippen LogP contribution in [0.1, 0.15) is 36.2 Å². The zero-order valence-corrected chi connectivity index (χ0v) is 16.0. The molecule has 1 N–H and O–H groups in total. The van der Waals surface area contributed by atoms with Crippen molar-refractivity contribution in [3.05, 3.63) is 53.3 Å². The van der Waals surface area contributed by atoms with Crippen LogP contribution in [-0.2, 0) is 0 Å². The molecule has 26 heavy (non-hydrogen) atoms. The summed E-state index contributed by atoms with van der Waals surface area (Å²) in [5.41, 5.74) is 4.04. The van der Waals surface area contributed by atoms with Crippen molar-refractivity contribution in [1.29, 1.82) is 0 Å². The molecule has 5 heteroatoms. The molecule has 2 heterocycles. The number of hydrogen-bond acceptors (Lipinski definition) is 5. The van der Waals surface area contributed by atoms with E-state index in [4.69, 9.17) is 14.5 Å². The quantitative estimate of drug-likeness (QED) is 0.689. The summed E-state index contributed by atoms with van der Waals surface area (Å²) in [5, 5.41) is 4.49. The molecule has 0 saturated heterocycles. The van der Waals surface area contributed by atoms with Crippen molar-refractivity contribution in [3.63, 3.8) is 0 Å². The number of aryl methyl sites for hydroxylation is 2. The fourth-order valence-corrected chi connectivity index (χ4v) is 3.13. The van der Waals surface area contributed by atoms with Gasteiger partial charge in [0.2, 0.25) is 0 Å². The Balaban J connectivity index is 2.03. The third-order valence-electron chi connectivity index (χ3n) is 4.54. The van der Waals surface area contributed by atoms with E-state index in [9.17, 15) is 0 Å². The molecule has 5 nitrogen and oxygen atoms in total. The van der Waals surface area contributed by atoms with Crippen LogP contribution in [0, 0.1) is 13.8 Å². The highest BCUT2D eigenvalue weighted by Crippen LogP contribution is 2.35. The molecule has 0 radical (unpaired) electrons. The number of methoxy groups -OCH3 is 2. The van der Waals surface area contributed by atoms with Gasteiger partial charge in [0.25, 0.3) is 0 Å². The van der Waals surface area contributed by atoms with E-state index in [-0.39, 0.29) is 6.04 Å². The molecule has 3 aromatic rings. The molecule has 0 aliphatic carbocycles. The summed E-state index contributed by atoms with van der Waals surface area (Å²) in [4.78, 5) is 9.36. The SMILES string of the molecule is CCC(Nc1cc(C)c2c(OC)ccc(OC)c2n1)c1ccc(C)cn1. The number of ether oxygens (including phenoxy) is 2. The van der Waals surface area contributed by atoms with Gasteiger partial charge in [-0.1, -0.05) is 13.0 Å². The van der Waals surface area contributed by atoms with Gasteiger partial charge in [0.15, 0.2) is 0 Å². The second kappa shape index (κ2) is 7.60. The fraction of sp³-hybridized carbons (Fsp3) is 0.333. The lowest BCUT2D eigenvalue weighted by molar-refractivity contribution is 0.409. The molecular weight excluding hydrogens is 326 g/mol. The van der Waals surface area contributed by atoms with Crippen molar-refractivity contribution in [2.45, 2.75) is 33.2 Å². The number of pyridine rings is 2. The lowest BCUT2D eigenvalue weighted by atomic mass is 10.1. The van der Waals surface area contributed by atoms with Crippen LogP contribution in [0.2, 0.25) is 0 Å². The van der Waals surface area contributed by atoms with E-state index in [1.807, 2.05) is 31.3 Å². The molecule has 0 amide bonds. The minimum Gasteiger partial charge on any atom is -0.496 e. The molecule has 0 saturated carbocycles. The number of fused-ring (bicyclic) bond motifs is 1. The molecule has 0 bridgehead atoms. The Bertz CT molecular complexity index is 907. The Morgan fingerprint density at radius 2 is 1.77 bits per heavy atom. The number of hydrogen-bond donors (Lipinski definition) is 1. The van der Waals surface area contributed by atoms with E-state index >= 15 is 0 Å². The Kier molecular flexibility index (Phi) is 5.26. The van der Waals surface area contributed by atoms with Gasteiger partial charge in [0.05, 0.1) is 26.0 Å². The first-order chi connectivity index (χ1) is 12.6. The molecule has 0 aliphatic heterocycles. The smallest absolute Gasteiger partial charge is 0.145 e. The maximum absolute atomic E-state index is 5.51. The van der Waals surface area contributed by atoms with Gasteiger partial charge < -0.3 is 14.8 Å². The van der Waals surface area contributed by atoms with Crippen LogP contribution in [0.3, 0.4) is 0 Å². The number of benzene rings is 1. The first-order valence-corrected chi connectivity index (χ1v) is 8.78. The van der Waals surface area contributed by atoms with Crippen LogP contribution in [0.15, 0.2) is 36.5 Å². The number of rotatable bonds is 6. The maximum atomic E-state index is 5.51. The van der Waals surface area contributed by atoms with Crippen LogP contribution in [0.4, 0.5) is 5.82 Å². The molecule has 0 aliphatic rings. The Labute approximate surface area is 154 Å². The third-order valence-corrected chi connectivity index (χ3v) is 4.54. The molecule has 136 valence electrons. The standard InChI is InChI=1S/C21H25N3O2/c1-6-15(16-8-7-13(2)12-22-16)23-19-11-14(3)20-17(25-4)9-10-18(26-5)21(20)24-19/h7-12,15H,6H2,1-5H3,(H,23,24). The Morgan fingerprint density at radius 3 is 2.38 bits per heavy atom. The third kappa shape index (κ3) is 3.43. The number of nitrogens with zero attached hydrogens (tertiary/aromatic N) is 2. The Hall–Kier alpha value is -2.82. The normalized spacial score (nSPS) is 12.0. The van der Waals surface area contributed by atoms with Crippen molar-refractivity contribution in [2.75, 3.05) is 19.5 Å². The number of anilines is 1. The van der Waals surface area contributed by atoms with Gasteiger partial charge in [-0.2, -0.15) is 0 Å². The van der Waals surface area contributed by atoms with E-state index in [2.05, 4.69) is 36.3 Å². The van der Waals surface area contributed by atoms with Gasteiger partial charge in [0, 0.05) is 11.6 Å². The summed E-state index contributed by atoms with van der Waals surface area (Å²) in [6.07, 6.45) is 2.80. The Morgan fingerprint density at radius 1 is 1.04 bits per heavy atom. The van der Waals surface area contributed by atoms with Gasteiger partial charge in [-0.05, 0) is 55.7 Å². The zero-order valence-electron chi connectivity index (χ0n) is 16.0. The molecule has 1 atom stereocenters. The van der Waals surface area contributed by atoms with Gasteiger partial charge in [-0.3, -0.25) is 4.98 Å². The summed E-state index contributed by atoms with van der Waals surface area (Å²) in [6, 6.07) is 10.1. The molecule has 1 aromatic carbocycles. The highest BCUT2D eigenvalue weighted by Gasteiger charge is 2.16. The predicted molar refractivity (Wildman–Crippen MR) is 105 cm³/mol. The van der Waals surface area contributed by atoms with Crippen molar-refractivity contribution in [1.82, 2.24) is 9.97 Å². The zero-order chi connectivity index (χ0) is 18.7. The maximum Gasteiger partial charge on any atom is 0.145 e. The van der Waals surface area contributed by atoms with Gasteiger partial charge in [0.1, 0.15) is 22.8 Å². The second-order valence-electron chi connectivity index (χ2n) is 6.38. The summed E-state index contributed by atoms with van der Waals surface area (Å²) < 4.78 is 11.0. The highest BCUT2D eigenvalue weighted by atomic mass is 16.5. The molecule has 1 unspecified atom stereocenters. The number of nitrogens with one attached hydrogen (secondary N) is 1. The molecular formula is C21H25N3O2. The lowest BCUT2D eigenvalue weighted by Crippen LogP contribution is -2.12. The largest absolute Gasteiger partial charge is 0.496 e. The highest BCUT2D eigenvalue weighted by molar-refractivity contribution is 5.94. The van der Waals surface area contributed by atoms with Crippen LogP contribution in [0.5, 0.6) is 11.5 Å². The lowest BCUT2D eigenvalue weighted by Gasteiger charge is -2.19. The van der Waals surface area contributed by atoms with Crippen LogP contribution >= 0.6 is 0 Å². The molecule has 0 fully saturated rings. The van der Waals surface area contributed by atoms with Crippen molar-refractivity contribution < 1.29 is 9.47 Å². The molecule has 0 spiro atoms. The first-order valence-electron chi connectivity index (χ1n) is 8.78. The summed E-state index contributed by atoms with van der Waals surface area (Å²) in [7, 11) is 3.33. The summed E-state index contributed by atoms with van der Waals surface area (Å²) in [5.74, 6) is 2.33. The van der Waals surface area contributed by atoms with Crippen molar-refractivity contribution in [2.24, 2.45) is 0 Å². The molecule has 3 rings (SSSR count). The van der Waals surface area contributed by atoms with E-state index in [1.165, 1.54) is 0 Å². The summed E-state index contributed by atoms with van der Waals surface area (Å²) >= 11 is 0. The van der Waals surface area contributed by atoms with E-state index in [0.29, 0.717) is 0 Å². The average molecular weight is 351 g/mol. The van der Waals surface area contributed by atoms with Crippen LogP contribution < -0.4 is 14.8 Å². The van der Waals surface area contributed by atoms with Gasteiger partial charge in [-0.15, -0.1) is 0 Å². The summed E-state index contributed by atoms with van der Waals surface area (Å²) in [6.45, 7) is 6.23. The van der Waals surface area contributed by atoms with E-state index in [1.54, 1.807) is 14.2 Å². The van der Waals surface area contributed by atoms with Gasteiger partial charge in [-0.25, -0.2) is 4.98 Å².